The van der Waals surface area contributed by atoms with E-state index >= 15 is 0 Å². The first kappa shape index (κ1) is 14.0. The van der Waals surface area contributed by atoms with Crippen LogP contribution in [0.25, 0.3) is 0 Å². The lowest BCUT2D eigenvalue weighted by molar-refractivity contribution is 0.0958. The van der Waals surface area contributed by atoms with E-state index in [-0.39, 0.29) is 0 Å². The molecule has 1 saturated heterocycles. The number of thiazole rings is 1. The average molecular weight is 267 g/mol. The Morgan fingerprint density at radius 2 is 2.39 bits per heavy atom. The topological polar surface area (TPSA) is 28.2 Å². The molecule has 2 heterocycles. The Morgan fingerprint density at radius 3 is 2.94 bits per heavy atom. The molecule has 102 valence electrons. The van der Waals surface area contributed by atoms with E-state index < -0.39 is 0 Å². The zero-order chi connectivity index (χ0) is 13.1. The summed E-state index contributed by atoms with van der Waals surface area (Å²) in [5, 5.41) is 4.84. The maximum absolute atomic E-state index is 4.54. The molecule has 0 bridgehead atoms. The number of aryl methyl sites for hydroxylation is 1. The number of piperidine rings is 1. The molecule has 4 heteroatoms. The number of hydrogen-bond acceptors (Lipinski definition) is 4. The van der Waals surface area contributed by atoms with Gasteiger partial charge in [0.1, 0.15) is 5.01 Å². The van der Waals surface area contributed by atoms with Gasteiger partial charge in [-0.2, -0.15) is 0 Å². The Kier molecular flexibility index (Phi) is 4.76. The van der Waals surface area contributed by atoms with Crippen LogP contribution in [0.4, 0.5) is 0 Å². The van der Waals surface area contributed by atoms with Crippen LogP contribution in [0.5, 0.6) is 0 Å². The molecule has 0 aromatic carbocycles. The quantitative estimate of drug-likeness (QED) is 0.909. The minimum atomic E-state index is 0.460. The van der Waals surface area contributed by atoms with Gasteiger partial charge in [-0.05, 0) is 40.2 Å². The molecule has 3 unspecified atom stereocenters. The number of rotatable bonds is 4. The Bertz CT molecular complexity index is 377. The van der Waals surface area contributed by atoms with Crippen molar-refractivity contribution in [2.45, 2.75) is 58.7 Å². The standard InChI is InChI=1S/C14H25N3S/c1-5-15-13-6-7-17(10(2)8-13)12(4)14-16-9-11(3)18-14/h9-10,12-13,15H,5-8H2,1-4H3. The molecule has 3 atom stereocenters. The van der Waals surface area contributed by atoms with E-state index in [1.807, 2.05) is 17.5 Å². The van der Waals surface area contributed by atoms with E-state index in [0.717, 1.165) is 6.54 Å². The Labute approximate surface area is 115 Å². The minimum absolute atomic E-state index is 0.460. The third-order valence-corrected chi connectivity index (χ3v) is 5.00. The van der Waals surface area contributed by atoms with Gasteiger partial charge < -0.3 is 5.32 Å². The summed E-state index contributed by atoms with van der Waals surface area (Å²) < 4.78 is 0. The fourth-order valence-corrected chi connectivity index (χ4v) is 3.79. The number of nitrogens with one attached hydrogen (secondary N) is 1. The zero-order valence-electron chi connectivity index (χ0n) is 11.9. The van der Waals surface area contributed by atoms with Gasteiger partial charge in [0, 0.05) is 29.7 Å². The highest BCUT2D eigenvalue weighted by Crippen LogP contribution is 2.30. The summed E-state index contributed by atoms with van der Waals surface area (Å²) >= 11 is 1.83. The highest BCUT2D eigenvalue weighted by Gasteiger charge is 2.29. The number of aromatic nitrogens is 1. The summed E-state index contributed by atoms with van der Waals surface area (Å²) in [4.78, 5) is 8.46. The second-order valence-corrected chi connectivity index (χ2v) is 6.62. The van der Waals surface area contributed by atoms with Gasteiger partial charge in [-0.3, -0.25) is 4.90 Å². The van der Waals surface area contributed by atoms with Gasteiger partial charge in [-0.15, -0.1) is 11.3 Å². The van der Waals surface area contributed by atoms with E-state index in [4.69, 9.17) is 0 Å². The molecule has 1 aliphatic rings. The fourth-order valence-electron chi connectivity index (χ4n) is 2.95. The maximum Gasteiger partial charge on any atom is 0.110 e. The first-order chi connectivity index (χ1) is 8.61. The normalized spacial score (nSPS) is 27.3. The minimum Gasteiger partial charge on any atom is -0.314 e. The van der Waals surface area contributed by atoms with Gasteiger partial charge in [0.2, 0.25) is 0 Å². The van der Waals surface area contributed by atoms with Crippen LogP contribution in [0.2, 0.25) is 0 Å². The largest absolute Gasteiger partial charge is 0.314 e. The Balaban J connectivity index is 1.97. The number of likely N-dealkylation sites (tertiary alicyclic amines) is 1. The number of hydrogen-bond donors (Lipinski definition) is 1. The highest BCUT2D eigenvalue weighted by atomic mass is 32.1. The molecule has 1 fully saturated rings. The SMILES string of the molecule is CCNC1CCN(C(C)c2ncc(C)s2)C(C)C1. The first-order valence-corrected chi connectivity index (χ1v) is 7.85. The third-order valence-electron chi connectivity index (χ3n) is 3.91. The average Bonchev–Trinajstić information content (AvgIpc) is 2.76. The van der Waals surface area contributed by atoms with Crippen molar-refractivity contribution in [2.24, 2.45) is 0 Å². The van der Waals surface area contributed by atoms with Gasteiger partial charge >= 0.3 is 0 Å². The van der Waals surface area contributed by atoms with Crippen molar-refractivity contribution in [2.75, 3.05) is 13.1 Å². The molecular weight excluding hydrogens is 242 g/mol. The van der Waals surface area contributed by atoms with Crippen molar-refractivity contribution in [1.29, 1.82) is 0 Å². The summed E-state index contributed by atoms with van der Waals surface area (Å²) in [6.07, 6.45) is 4.50. The van der Waals surface area contributed by atoms with E-state index in [0.29, 0.717) is 18.1 Å². The number of nitrogens with zero attached hydrogens (tertiary/aromatic N) is 2. The molecule has 0 saturated carbocycles. The van der Waals surface area contributed by atoms with Gasteiger partial charge in [0.15, 0.2) is 0 Å². The van der Waals surface area contributed by atoms with Crippen LogP contribution in [-0.2, 0) is 0 Å². The summed E-state index contributed by atoms with van der Waals surface area (Å²) in [7, 11) is 0. The van der Waals surface area contributed by atoms with Crippen molar-refractivity contribution in [3.05, 3.63) is 16.1 Å². The first-order valence-electron chi connectivity index (χ1n) is 7.03. The van der Waals surface area contributed by atoms with Crippen molar-refractivity contribution >= 4 is 11.3 Å². The lowest BCUT2D eigenvalue weighted by Gasteiger charge is -2.40. The van der Waals surface area contributed by atoms with Crippen LogP contribution in [-0.4, -0.2) is 35.1 Å². The van der Waals surface area contributed by atoms with Gasteiger partial charge in [0.05, 0.1) is 6.04 Å². The molecule has 1 aliphatic heterocycles. The third kappa shape index (κ3) is 3.11. The summed E-state index contributed by atoms with van der Waals surface area (Å²) in [6, 6.07) is 1.80. The lowest BCUT2D eigenvalue weighted by atomic mass is 9.97. The molecule has 0 amide bonds. The summed E-state index contributed by atoms with van der Waals surface area (Å²) in [5.41, 5.74) is 0. The van der Waals surface area contributed by atoms with Crippen molar-refractivity contribution < 1.29 is 0 Å². The van der Waals surface area contributed by atoms with Crippen LogP contribution in [0.1, 0.15) is 49.5 Å². The van der Waals surface area contributed by atoms with Gasteiger partial charge in [-0.25, -0.2) is 4.98 Å². The molecule has 1 aromatic heterocycles. The molecular formula is C14H25N3S. The van der Waals surface area contributed by atoms with Crippen LogP contribution in [0, 0.1) is 6.92 Å². The predicted molar refractivity (Wildman–Crippen MR) is 78.1 cm³/mol. The van der Waals surface area contributed by atoms with Crippen LogP contribution in [0.3, 0.4) is 0 Å². The van der Waals surface area contributed by atoms with Crippen LogP contribution in [0.15, 0.2) is 6.20 Å². The Morgan fingerprint density at radius 1 is 1.61 bits per heavy atom. The predicted octanol–water partition coefficient (Wildman–Crippen LogP) is 2.97. The summed E-state index contributed by atoms with van der Waals surface area (Å²) in [5.74, 6) is 0. The van der Waals surface area contributed by atoms with Crippen molar-refractivity contribution in [3.63, 3.8) is 0 Å². The molecule has 0 aliphatic carbocycles. The molecule has 18 heavy (non-hydrogen) atoms. The van der Waals surface area contributed by atoms with Gasteiger partial charge in [-0.1, -0.05) is 6.92 Å². The maximum atomic E-state index is 4.54. The molecule has 1 N–H and O–H groups in total. The molecule has 0 radical (unpaired) electrons. The Hall–Kier alpha value is -0.450. The van der Waals surface area contributed by atoms with E-state index in [9.17, 15) is 0 Å². The smallest absolute Gasteiger partial charge is 0.110 e. The fraction of sp³-hybridized carbons (Fsp3) is 0.786. The monoisotopic (exact) mass is 267 g/mol. The lowest BCUT2D eigenvalue weighted by Crippen LogP contribution is -2.48. The molecule has 3 nitrogen and oxygen atoms in total. The molecule has 2 rings (SSSR count). The molecule has 0 spiro atoms. The van der Waals surface area contributed by atoms with E-state index in [1.165, 1.54) is 29.3 Å². The van der Waals surface area contributed by atoms with E-state index in [1.54, 1.807) is 0 Å². The van der Waals surface area contributed by atoms with Crippen molar-refractivity contribution in [3.8, 4) is 0 Å². The zero-order valence-corrected chi connectivity index (χ0v) is 12.8. The highest BCUT2D eigenvalue weighted by molar-refractivity contribution is 7.11. The van der Waals surface area contributed by atoms with Gasteiger partial charge in [0.25, 0.3) is 0 Å². The summed E-state index contributed by atoms with van der Waals surface area (Å²) in [6.45, 7) is 11.2. The molecule has 1 aromatic rings. The van der Waals surface area contributed by atoms with Crippen LogP contribution < -0.4 is 5.32 Å². The van der Waals surface area contributed by atoms with Crippen molar-refractivity contribution in [1.82, 2.24) is 15.2 Å². The second kappa shape index (κ2) is 6.13. The second-order valence-electron chi connectivity index (χ2n) is 5.35. The van der Waals surface area contributed by atoms with Crippen LogP contribution >= 0.6 is 11.3 Å². The van der Waals surface area contributed by atoms with E-state index in [2.05, 4.69) is 42.9 Å².